The molecule has 1 aromatic carbocycles. The fourth-order valence-corrected chi connectivity index (χ4v) is 2.47. The molecule has 3 nitrogen and oxygen atoms in total. The van der Waals surface area contributed by atoms with Gasteiger partial charge in [-0.15, -0.1) is 6.58 Å². The Kier molecular flexibility index (Phi) is 2.64. The van der Waals surface area contributed by atoms with Gasteiger partial charge in [0.1, 0.15) is 5.54 Å². The van der Waals surface area contributed by atoms with E-state index in [2.05, 4.69) is 22.5 Å². The molecule has 0 aliphatic carbocycles. The van der Waals surface area contributed by atoms with Gasteiger partial charge in [-0.3, -0.25) is 4.79 Å². The topological polar surface area (TPSA) is 46.3 Å². The van der Waals surface area contributed by atoms with Crippen LogP contribution < -0.4 is 10.6 Å². The molecule has 1 aromatic rings. The van der Waals surface area contributed by atoms with Crippen LogP contribution in [-0.4, -0.2) is 13.0 Å². The molecule has 1 heterocycles. The van der Waals surface area contributed by atoms with Crippen LogP contribution >= 0.6 is 15.9 Å². The molecule has 1 aliphatic heterocycles. The maximum atomic E-state index is 12.1. The molecule has 0 fully saturated rings. The number of halogens is 1. The van der Waals surface area contributed by atoms with Crippen LogP contribution in [0.15, 0.2) is 35.3 Å². The number of nitrogens with two attached hydrogens (primary N) is 1. The fourth-order valence-electron chi connectivity index (χ4n) is 2.11. The predicted octanol–water partition coefficient (Wildman–Crippen LogP) is 2.16. The number of amides is 1. The Hall–Kier alpha value is -1.13. The first-order chi connectivity index (χ1) is 7.50. The van der Waals surface area contributed by atoms with Gasteiger partial charge in [0.05, 0.1) is 0 Å². The zero-order valence-electron chi connectivity index (χ0n) is 9.03. The lowest BCUT2D eigenvalue weighted by molar-refractivity contribution is -0.122. The average Bonchev–Trinajstić information content (AvgIpc) is 2.42. The normalized spacial score (nSPS) is 23.4. The number of anilines is 1. The number of benzene rings is 1. The molecule has 0 saturated heterocycles. The number of fused-ring (bicyclic) bond motifs is 1. The molecule has 2 N–H and O–H groups in total. The lowest BCUT2D eigenvalue weighted by Gasteiger charge is -2.21. The van der Waals surface area contributed by atoms with E-state index in [0.717, 1.165) is 15.7 Å². The van der Waals surface area contributed by atoms with Crippen LogP contribution in [0.4, 0.5) is 5.69 Å². The van der Waals surface area contributed by atoms with Crippen LogP contribution in [0.25, 0.3) is 0 Å². The highest BCUT2D eigenvalue weighted by Gasteiger charge is 2.45. The molecular formula is C12H13BrN2O. The van der Waals surface area contributed by atoms with Crippen molar-refractivity contribution in [1.29, 1.82) is 0 Å². The van der Waals surface area contributed by atoms with Crippen LogP contribution in [0.2, 0.25) is 0 Å². The third kappa shape index (κ3) is 1.41. The summed E-state index contributed by atoms with van der Waals surface area (Å²) in [4.78, 5) is 13.7. The molecule has 16 heavy (non-hydrogen) atoms. The number of nitrogens with zero attached hydrogens (tertiary/aromatic N) is 1. The number of hydrogen-bond donors (Lipinski definition) is 1. The van der Waals surface area contributed by atoms with E-state index in [1.807, 2.05) is 18.2 Å². The van der Waals surface area contributed by atoms with E-state index < -0.39 is 5.54 Å². The molecule has 1 atom stereocenters. The van der Waals surface area contributed by atoms with E-state index in [1.165, 1.54) is 0 Å². The summed E-state index contributed by atoms with van der Waals surface area (Å²) >= 11 is 3.40. The van der Waals surface area contributed by atoms with E-state index in [4.69, 9.17) is 5.73 Å². The van der Waals surface area contributed by atoms with Crippen molar-refractivity contribution in [2.45, 2.75) is 12.0 Å². The maximum Gasteiger partial charge on any atom is 0.251 e. The second kappa shape index (κ2) is 3.71. The summed E-state index contributed by atoms with van der Waals surface area (Å²) in [6.07, 6.45) is 2.13. The summed E-state index contributed by atoms with van der Waals surface area (Å²) in [6.45, 7) is 3.66. The van der Waals surface area contributed by atoms with Gasteiger partial charge >= 0.3 is 0 Å². The van der Waals surface area contributed by atoms with Crippen molar-refractivity contribution in [3.05, 3.63) is 40.9 Å². The molecule has 2 rings (SSSR count). The molecule has 1 aliphatic rings. The van der Waals surface area contributed by atoms with Crippen LogP contribution in [0.1, 0.15) is 12.0 Å². The molecule has 0 saturated carbocycles. The minimum Gasteiger partial charge on any atom is -0.313 e. The number of carbonyl (C=O) groups excluding carboxylic acids is 1. The van der Waals surface area contributed by atoms with Crippen molar-refractivity contribution in [1.82, 2.24) is 0 Å². The smallest absolute Gasteiger partial charge is 0.251 e. The monoisotopic (exact) mass is 280 g/mol. The van der Waals surface area contributed by atoms with Gasteiger partial charge in [0.2, 0.25) is 0 Å². The van der Waals surface area contributed by atoms with Gasteiger partial charge in [0, 0.05) is 22.8 Å². The summed E-state index contributed by atoms with van der Waals surface area (Å²) in [5, 5.41) is 0. The minimum absolute atomic E-state index is 0.0829. The van der Waals surface area contributed by atoms with E-state index in [-0.39, 0.29) is 5.91 Å². The van der Waals surface area contributed by atoms with Crippen LogP contribution in [0.3, 0.4) is 0 Å². The summed E-state index contributed by atoms with van der Waals surface area (Å²) in [5.74, 6) is -0.0829. The highest BCUT2D eigenvalue weighted by atomic mass is 79.9. The fraction of sp³-hybridized carbons (Fsp3) is 0.250. The Morgan fingerprint density at radius 2 is 2.31 bits per heavy atom. The van der Waals surface area contributed by atoms with Crippen LogP contribution in [-0.2, 0) is 10.3 Å². The second-order valence-corrected chi connectivity index (χ2v) is 4.91. The molecule has 1 amide bonds. The number of hydrogen-bond acceptors (Lipinski definition) is 2. The third-order valence-corrected chi connectivity index (χ3v) is 3.45. The van der Waals surface area contributed by atoms with Gasteiger partial charge in [-0.25, -0.2) is 0 Å². The van der Waals surface area contributed by atoms with Gasteiger partial charge in [-0.1, -0.05) is 22.0 Å². The quantitative estimate of drug-likeness (QED) is 0.844. The first kappa shape index (κ1) is 11.4. The number of rotatable bonds is 2. The van der Waals surface area contributed by atoms with Crippen molar-refractivity contribution < 1.29 is 4.79 Å². The number of carbonyl (C=O) groups is 1. The molecule has 0 spiro atoms. The Morgan fingerprint density at radius 3 is 2.94 bits per heavy atom. The molecule has 0 unspecified atom stereocenters. The van der Waals surface area contributed by atoms with Crippen LogP contribution in [0.5, 0.6) is 0 Å². The molecular weight excluding hydrogens is 268 g/mol. The van der Waals surface area contributed by atoms with Crippen LogP contribution in [0, 0.1) is 0 Å². The lowest BCUT2D eigenvalue weighted by Crippen LogP contribution is -2.45. The summed E-state index contributed by atoms with van der Waals surface area (Å²) < 4.78 is 0.924. The van der Waals surface area contributed by atoms with Gasteiger partial charge in [0.25, 0.3) is 5.91 Å². The number of likely N-dealkylation sites (N-methyl/N-ethyl adjacent to an activating group) is 1. The largest absolute Gasteiger partial charge is 0.313 e. The Labute approximate surface area is 103 Å². The summed E-state index contributed by atoms with van der Waals surface area (Å²) in [7, 11) is 1.74. The second-order valence-electron chi connectivity index (χ2n) is 3.99. The van der Waals surface area contributed by atoms with Crippen molar-refractivity contribution in [2.24, 2.45) is 5.73 Å². The third-order valence-electron chi connectivity index (χ3n) is 2.95. The van der Waals surface area contributed by atoms with E-state index in [9.17, 15) is 4.79 Å². The van der Waals surface area contributed by atoms with E-state index in [1.54, 1.807) is 18.0 Å². The Balaban J connectivity index is 2.63. The van der Waals surface area contributed by atoms with E-state index >= 15 is 0 Å². The predicted molar refractivity (Wildman–Crippen MR) is 68.2 cm³/mol. The summed E-state index contributed by atoms with van der Waals surface area (Å²) in [5.41, 5.74) is 6.97. The van der Waals surface area contributed by atoms with Crippen molar-refractivity contribution >= 4 is 27.5 Å². The standard InChI is InChI=1S/C12H13BrN2O/c1-3-6-12(14)9-7-8(13)4-5-10(9)15(2)11(12)16/h3-5,7H,1,6,14H2,2H3/t12-/m1/s1. The SMILES string of the molecule is C=CC[C@]1(N)C(=O)N(C)c2ccc(Br)cc21. The average molecular weight is 281 g/mol. The zero-order chi connectivity index (χ0) is 11.9. The van der Waals surface area contributed by atoms with Gasteiger partial charge < -0.3 is 10.6 Å². The van der Waals surface area contributed by atoms with Crippen molar-refractivity contribution in [3.8, 4) is 0 Å². The molecule has 4 heteroatoms. The van der Waals surface area contributed by atoms with Gasteiger partial charge in [-0.2, -0.15) is 0 Å². The zero-order valence-corrected chi connectivity index (χ0v) is 10.6. The highest BCUT2D eigenvalue weighted by molar-refractivity contribution is 9.10. The molecule has 84 valence electrons. The first-order valence-corrected chi connectivity index (χ1v) is 5.78. The molecule has 0 aromatic heterocycles. The van der Waals surface area contributed by atoms with Crippen molar-refractivity contribution in [3.63, 3.8) is 0 Å². The van der Waals surface area contributed by atoms with Crippen molar-refractivity contribution in [2.75, 3.05) is 11.9 Å². The lowest BCUT2D eigenvalue weighted by atomic mass is 9.89. The first-order valence-electron chi connectivity index (χ1n) is 4.98. The van der Waals surface area contributed by atoms with Gasteiger partial charge in [-0.05, 0) is 24.6 Å². The highest BCUT2D eigenvalue weighted by Crippen LogP contribution is 2.41. The maximum absolute atomic E-state index is 12.1. The van der Waals surface area contributed by atoms with E-state index in [0.29, 0.717) is 6.42 Å². The van der Waals surface area contributed by atoms with Gasteiger partial charge in [0.15, 0.2) is 0 Å². The minimum atomic E-state index is -0.963. The summed E-state index contributed by atoms with van der Waals surface area (Å²) in [6, 6.07) is 5.71. The molecule has 0 bridgehead atoms. The molecule has 0 radical (unpaired) electrons. The Morgan fingerprint density at radius 1 is 1.62 bits per heavy atom. The Bertz CT molecular complexity index is 472.